The molecular weight excluding hydrogens is 650 g/mol. The molecule has 1 heterocycles. The zero-order chi connectivity index (χ0) is 32.3. The second kappa shape index (κ2) is 11.9. The van der Waals surface area contributed by atoms with Gasteiger partial charge in [-0.05, 0) is 0 Å². The fourth-order valence-electron chi connectivity index (χ4n) is 2.86. The number of carbonyl (C=O) groups is 1. The third-order valence-corrected chi connectivity index (χ3v) is 5.29. The van der Waals surface area contributed by atoms with Gasteiger partial charge in [-0.3, -0.25) is 0 Å². The van der Waals surface area contributed by atoms with Gasteiger partial charge in [0.15, 0.2) is 6.29 Å². The van der Waals surface area contributed by atoms with Gasteiger partial charge in [-0.15, -0.1) is 0 Å². The fraction of sp³-hybridized carbons (Fsp3) is 0.938. The van der Waals surface area contributed by atoms with Crippen molar-refractivity contribution < 1.29 is 139 Å². The minimum absolute atomic E-state index is 0. The maximum absolute atomic E-state index is 13.8. The number of carboxylic acids is 1. The Morgan fingerprint density at radius 2 is 1.07 bits per heavy atom. The molecule has 1 fully saturated rings. The summed E-state index contributed by atoms with van der Waals surface area (Å²) in [7, 11) is 0. The van der Waals surface area contributed by atoms with Gasteiger partial charge in [0.1, 0.15) is 24.4 Å². The van der Waals surface area contributed by atoms with Crippen LogP contribution < -0.4 is 34.7 Å². The van der Waals surface area contributed by atoms with E-state index in [9.17, 15) is 94.8 Å². The van der Waals surface area contributed by atoms with Crippen LogP contribution in [0.5, 0.6) is 0 Å². The molecule has 1 saturated heterocycles. The number of ether oxygens (including phenoxy) is 2. The Hall–Kier alpha value is -0.920. The fourth-order valence-corrected chi connectivity index (χ4v) is 2.86. The zero-order valence-corrected chi connectivity index (χ0v) is 21.2. The summed E-state index contributed by atoms with van der Waals surface area (Å²) in [6.07, 6.45) is -23.6. The first-order valence-electron chi connectivity index (χ1n) is 9.62. The maximum Gasteiger partial charge on any atom is 1.00 e. The van der Waals surface area contributed by atoms with Crippen LogP contribution in [0.4, 0.5) is 74.6 Å². The Kier molecular flexibility index (Phi) is 11.6. The molecular formula is C16H12F17NaO7. The molecule has 0 bridgehead atoms. The average molecular weight is 662 g/mol. The van der Waals surface area contributed by atoms with E-state index in [0.717, 1.165) is 0 Å². The standard InChI is InChI=1S/C16H13F17O7.Na/c17-9(18,1-2-39-8-4(35)3(34)6(40-8)5(36)7(37)38)10(19,20)11(21,22)12(23,24)13(25,26)14(27,28)15(29,30)16(31,32)33;/h3-6,8,34-36H,1-2H2,(H,37,38);/q;+1/p-1/t3-,4-,5+,6+,8-;/m1./s1. The number of carboxylic acid groups (broad SMARTS) is 1. The second-order valence-corrected chi connectivity index (χ2v) is 7.98. The van der Waals surface area contributed by atoms with Crippen LogP contribution in [0.1, 0.15) is 6.42 Å². The van der Waals surface area contributed by atoms with Gasteiger partial charge >= 0.3 is 77.2 Å². The molecule has 0 aliphatic carbocycles. The van der Waals surface area contributed by atoms with Gasteiger partial charge in [0.05, 0.1) is 12.6 Å². The van der Waals surface area contributed by atoms with E-state index in [1.807, 2.05) is 0 Å². The summed E-state index contributed by atoms with van der Waals surface area (Å²) < 4.78 is 233. The summed E-state index contributed by atoms with van der Waals surface area (Å²) in [4.78, 5) is 10.5. The van der Waals surface area contributed by atoms with E-state index in [-0.39, 0.29) is 29.6 Å². The summed E-state index contributed by atoms with van der Waals surface area (Å²) in [6, 6.07) is 0. The monoisotopic (exact) mass is 662 g/mol. The van der Waals surface area contributed by atoms with Gasteiger partial charge in [-0.2, -0.15) is 74.6 Å². The SMILES string of the molecule is O=C([O-])[C@@H](O)[C@H]1O[C@@H](OCCC(F)(F)C(F)(F)C(F)(F)C(F)(F)C(F)(F)C(F)(F)C(F)(F)C(F)(F)F)[C@H](O)[C@H]1O.[Na+]. The van der Waals surface area contributed by atoms with Crippen LogP contribution in [-0.2, 0) is 14.3 Å². The Morgan fingerprint density at radius 3 is 1.44 bits per heavy atom. The van der Waals surface area contributed by atoms with E-state index in [4.69, 9.17) is 5.11 Å². The van der Waals surface area contributed by atoms with Crippen molar-refractivity contribution in [2.75, 3.05) is 6.61 Å². The number of hydrogen-bond donors (Lipinski definition) is 3. The number of aliphatic carboxylic acids is 1. The first kappa shape index (κ1) is 40.1. The molecule has 5 atom stereocenters. The van der Waals surface area contributed by atoms with Crippen LogP contribution in [0.25, 0.3) is 0 Å². The smallest absolute Gasteiger partial charge is 0.547 e. The van der Waals surface area contributed by atoms with Crippen molar-refractivity contribution >= 4 is 5.97 Å². The molecule has 0 unspecified atom stereocenters. The van der Waals surface area contributed by atoms with Crippen molar-refractivity contribution in [3.63, 3.8) is 0 Å². The molecule has 7 nitrogen and oxygen atoms in total. The van der Waals surface area contributed by atoms with E-state index in [1.54, 1.807) is 0 Å². The molecule has 1 rings (SSSR count). The van der Waals surface area contributed by atoms with E-state index in [0.29, 0.717) is 0 Å². The summed E-state index contributed by atoms with van der Waals surface area (Å²) in [5.41, 5.74) is 0. The van der Waals surface area contributed by atoms with Crippen molar-refractivity contribution in [3.05, 3.63) is 0 Å². The van der Waals surface area contributed by atoms with Crippen LogP contribution >= 0.6 is 0 Å². The number of halogens is 17. The first-order valence-corrected chi connectivity index (χ1v) is 9.62. The molecule has 1 aliphatic heterocycles. The molecule has 1 aliphatic rings. The van der Waals surface area contributed by atoms with E-state index >= 15 is 0 Å². The Bertz CT molecular complexity index is 929. The van der Waals surface area contributed by atoms with Gasteiger partial charge in [0.25, 0.3) is 0 Å². The Labute approximate surface area is 236 Å². The zero-order valence-electron chi connectivity index (χ0n) is 19.2. The molecule has 0 aromatic heterocycles. The molecule has 0 saturated carbocycles. The van der Waals surface area contributed by atoms with Gasteiger partial charge in [0.2, 0.25) is 0 Å². The number of rotatable bonds is 12. The van der Waals surface area contributed by atoms with Crippen LogP contribution in [0.3, 0.4) is 0 Å². The molecule has 0 aromatic carbocycles. The van der Waals surface area contributed by atoms with Gasteiger partial charge < -0.3 is 34.7 Å². The minimum Gasteiger partial charge on any atom is -0.547 e. The van der Waals surface area contributed by atoms with Gasteiger partial charge in [-0.25, -0.2) is 0 Å². The number of carbonyl (C=O) groups excluding carboxylic acids is 1. The molecule has 0 radical (unpaired) electrons. The third-order valence-electron chi connectivity index (χ3n) is 5.29. The molecule has 0 amide bonds. The van der Waals surface area contributed by atoms with Crippen molar-refractivity contribution in [3.8, 4) is 0 Å². The number of aliphatic hydroxyl groups excluding tert-OH is 3. The van der Waals surface area contributed by atoms with E-state index < -0.39 is 97.3 Å². The number of alkyl halides is 17. The van der Waals surface area contributed by atoms with Crippen LogP contribution in [-0.4, -0.2) is 106 Å². The van der Waals surface area contributed by atoms with Crippen LogP contribution in [0.15, 0.2) is 0 Å². The van der Waals surface area contributed by atoms with E-state index in [1.165, 1.54) is 0 Å². The molecule has 41 heavy (non-hydrogen) atoms. The summed E-state index contributed by atoms with van der Waals surface area (Å²) >= 11 is 0. The van der Waals surface area contributed by atoms with E-state index in [2.05, 4.69) is 9.47 Å². The van der Waals surface area contributed by atoms with Crippen molar-refractivity contribution in [2.24, 2.45) is 0 Å². The molecule has 0 aromatic rings. The normalized spacial score (nSPS) is 24.7. The summed E-state index contributed by atoms with van der Waals surface area (Å²) in [5, 5.41) is 38.7. The van der Waals surface area contributed by atoms with Crippen LogP contribution in [0, 0.1) is 0 Å². The topological polar surface area (TPSA) is 119 Å². The number of hydrogen-bond acceptors (Lipinski definition) is 7. The predicted molar refractivity (Wildman–Crippen MR) is 82.9 cm³/mol. The van der Waals surface area contributed by atoms with Gasteiger partial charge in [0, 0.05) is 6.42 Å². The number of aliphatic hydroxyl groups is 3. The van der Waals surface area contributed by atoms with Crippen molar-refractivity contribution in [1.29, 1.82) is 0 Å². The van der Waals surface area contributed by atoms with Crippen LogP contribution in [0.2, 0.25) is 0 Å². The third kappa shape index (κ3) is 6.20. The predicted octanol–water partition coefficient (Wildman–Crippen LogP) is -1.04. The molecule has 238 valence electrons. The Morgan fingerprint density at radius 1 is 0.707 bits per heavy atom. The van der Waals surface area contributed by atoms with Gasteiger partial charge in [-0.1, -0.05) is 0 Å². The largest absolute Gasteiger partial charge is 1.00 e. The maximum atomic E-state index is 13.8. The first-order chi connectivity index (χ1) is 17.4. The summed E-state index contributed by atoms with van der Waals surface area (Å²) in [5.74, 6) is -60.0. The minimum atomic E-state index is -8.77. The molecule has 25 heteroatoms. The van der Waals surface area contributed by atoms with Crippen molar-refractivity contribution in [2.45, 2.75) is 84.8 Å². The quantitative estimate of drug-likeness (QED) is 0.181. The average Bonchev–Trinajstić information content (AvgIpc) is 3.05. The Balaban J connectivity index is 0.0000160. The molecule has 3 N–H and O–H groups in total. The second-order valence-electron chi connectivity index (χ2n) is 7.98. The van der Waals surface area contributed by atoms with Crippen molar-refractivity contribution in [1.82, 2.24) is 0 Å². The molecule has 0 spiro atoms. The summed E-state index contributed by atoms with van der Waals surface area (Å²) in [6.45, 7) is -2.19.